The van der Waals surface area contributed by atoms with Crippen molar-refractivity contribution in [3.8, 4) is 0 Å². The zero-order valence-corrected chi connectivity index (χ0v) is 6.88. The molecule has 1 aliphatic heterocycles. The first-order valence-electron chi connectivity index (χ1n) is 4.35. The summed E-state index contributed by atoms with van der Waals surface area (Å²) in [5, 5.41) is 0. The van der Waals surface area contributed by atoms with E-state index < -0.39 is 0 Å². The van der Waals surface area contributed by atoms with Gasteiger partial charge in [0.15, 0.2) is 0 Å². The Kier molecular flexibility index (Phi) is 1.53. The van der Waals surface area contributed by atoms with Crippen LogP contribution in [0.25, 0.3) is 0 Å². The topological polar surface area (TPSA) is 26.3 Å². The number of hydrogen-bond donors (Lipinski definition) is 0. The van der Waals surface area contributed by atoms with Crippen LogP contribution in [0.2, 0.25) is 0 Å². The maximum absolute atomic E-state index is 10.4. The zero-order chi connectivity index (χ0) is 7.90. The lowest BCUT2D eigenvalue weighted by Gasteiger charge is -2.41. The van der Waals surface area contributed by atoms with Crippen molar-refractivity contribution in [3.05, 3.63) is 0 Å². The minimum absolute atomic E-state index is 0.360. The van der Waals surface area contributed by atoms with E-state index in [0.717, 1.165) is 25.9 Å². The molecule has 2 atom stereocenters. The molecule has 0 unspecified atom stereocenters. The Morgan fingerprint density at radius 3 is 2.64 bits per heavy atom. The molecule has 62 valence electrons. The standard InChI is InChI=1S/C9H14O2/c1-2-9(5-11-6-9)8-3-7(8)4-10/h4,7-8H,2-3,5-6H2,1H3/t7-,8-/m0/s1. The van der Waals surface area contributed by atoms with Gasteiger partial charge in [-0.1, -0.05) is 6.92 Å². The number of aldehydes is 1. The van der Waals surface area contributed by atoms with Gasteiger partial charge in [-0.05, 0) is 18.8 Å². The van der Waals surface area contributed by atoms with Crippen LogP contribution in [0.5, 0.6) is 0 Å². The van der Waals surface area contributed by atoms with Crippen LogP contribution in [0.3, 0.4) is 0 Å². The number of hydrogen-bond acceptors (Lipinski definition) is 2. The summed E-state index contributed by atoms with van der Waals surface area (Å²) in [6, 6.07) is 0. The molecule has 0 radical (unpaired) electrons. The van der Waals surface area contributed by atoms with E-state index in [1.165, 1.54) is 6.42 Å². The molecule has 0 aromatic rings. The van der Waals surface area contributed by atoms with E-state index in [-0.39, 0.29) is 0 Å². The van der Waals surface area contributed by atoms with E-state index in [2.05, 4.69) is 6.92 Å². The average molecular weight is 154 g/mol. The highest BCUT2D eigenvalue weighted by molar-refractivity contribution is 5.58. The van der Waals surface area contributed by atoms with Crippen LogP contribution in [0.4, 0.5) is 0 Å². The molecule has 2 heteroatoms. The van der Waals surface area contributed by atoms with E-state index in [1.807, 2.05) is 0 Å². The lowest BCUT2D eigenvalue weighted by Crippen LogP contribution is -2.44. The fourth-order valence-electron chi connectivity index (χ4n) is 2.11. The van der Waals surface area contributed by atoms with Crippen molar-refractivity contribution in [1.82, 2.24) is 0 Å². The van der Waals surface area contributed by atoms with Gasteiger partial charge in [0.05, 0.1) is 13.2 Å². The van der Waals surface area contributed by atoms with Crippen LogP contribution in [-0.4, -0.2) is 19.5 Å². The molecule has 0 aromatic heterocycles. The van der Waals surface area contributed by atoms with Crippen molar-refractivity contribution in [3.63, 3.8) is 0 Å². The zero-order valence-electron chi connectivity index (χ0n) is 6.88. The number of carbonyl (C=O) groups excluding carboxylic acids is 1. The third-order valence-electron chi connectivity index (χ3n) is 3.28. The van der Waals surface area contributed by atoms with Crippen molar-refractivity contribution in [2.24, 2.45) is 17.3 Å². The molecule has 1 saturated heterocycles. The van der Waals surface area contributed by atoms with Gasteiger partial charge in [0.2, 0.25) is 0 Å². The summed E-state index contributed by atoms with van der Waals surface area (Å²) >= 11 is 0. The van der Waals surface area contributed by atoms with Gasteiger partial charge in [0, 0.05) is 11.3 Å². The van der Waals surface area contributed by atoms with Gasteiger partial charge in [0.1, 0.15) is 6.29 Å². The van der Waals surface area contributed by atoms with Gasteiger partial charge < -0.3 is 9.53 Å². The molecule has 0 N–H and O–H groups in total. The third kappa shape index (κ3) is 0.924. The summed E-state index contributed by atoms with van der Waals surface area (Å²) in [4.78, 5) is 10.4. The molecule has 2 aliphatic rings. The van der Waals surface area contributed by atoms with Gasteiger partial charge in [-0.25, -0.2) is 0 Å². The Balaban J connectivity index is 1.98. The first-order chi connectivity index (χ1) is 5.32. The Bertz CT molecular complexity index is 167. The molecule has 0 aromatic carbocycles. The smallest absolute Gasteiger partial charge is 0.123 e. The van der Waals surface area contributed by atoms with E-state index in [9.17, 15) is 4.79 Å². The minimum Gasteiger partial charge on any atom is -0.380 e. The summed E-state index contributed by atoms with van der Waals surface area (Å²) < 4.78 is 5.21. The van der Waals surface area contributed by atoms with Gasteiger partial charge in [-0.3, -0.25) is 0 Å². The van der Waals surface area contributed by atoms with Crippen LogP contribution in [-0.2, 0) is 9.53 Å². The molecule has 0 bridgehead atoms. The molecule has 2 nitrogen and oxygen atoms in total. The molecule has 2 fully saturated rings. The molecule has 0 spiro atoms. The molecule has 11 heavy (non-hydrogen) atoms. The average Bonchev–Trinajstić information content (AvgIpc) is 2.67. The quantitative estimate of drug-likeness (QED) is 0.572. The lowest BCUT2D eigenvalue weighted by molar-refractivity contribution is -0.133. The molecule has 2 rings (SSSR count). The summed E-state index contributed by atoms with van der Waals surface area (Å²) in [5.74, 6) is 1.01. The monoisotopic (exact) mass is 154 g/mol. The summed E-state index contributed by atoms with van der Waals surface area (Å²) in [5.41, 5.74) is 0.394. The Morgan fingerprint density at radius 2 is 2.36 bits per heavy atom. The van der Waals surface area contributed by atoms with Gasteiger partial charge in [-0.15, -0.1) is 0 Å². The molecular formula is C9H14O2. The maximum atomic E-state index is 10.4. The summed E-state index contributed by atoms with van der Waals surface area (Å²) in [6.45, 7) is 3.97. The van der Waals surface area contributed by atoms with Crippen molar-refractivity contribution >= 4 is 6.29 Å². The Labute approximate surface area is 66.9 Å². The fourth-order valence-corrected chi connectivity index (χ4v) is 2.11. The first kappa shape index (κ1) is 7.29. The number of carbonyl (C=O) groups is 1. The molecule has 1 aliphatic carbocycles. The van der Waals surface area contributed by atoms with Crippen molar-refractivity contribution < 1.29 is 9.53 Å². The van der Waals surface area contributed by atoms with Crippen LogP contribution in [0, 0.1) is 17.3 Å². The SMILES string of the molecule is CCC1([C@H]2C[C@H]2C=O)COC1. The Morgan fingerprint density at radius 1 is 1.64 bits per heavy atom. The normalized spacial score (nSPS) is 39.4. The first-order valence-corrected chi connectivity index (χ1v) is 4.35. The summed E-state index contributed by atoms with van der Waals surface area (Å²) in [7, 11) is 0. The van der Waals surface area contributed by atoms with E-state index >= 15 is 0 Å². The van der Waals surface area contributed by atoms with E-state index in [4.69, 9.17) is 4.74 Å². The number of ether oxygens (including phenoxy) is 1. The third-order valence-corrected chi connectivity index (χ3v) is 3.28. The second kappa shape index (κ2) is 2.31. The maximum Gasteiger partial charge on any atom is 0.123 e. The lowest BCUT2D eigenvalue weighted by atomic mass is 9.77. The molecule has 0 amide bonds. The second-order valence-corrected chi connectivity index (χ2v) is 3.85. The van der Waals surface area contributed by atoms with Crippen LogP contribution in [0.1, 0.15) is 19.8 Å². The highest BCUT2D eigenvalue weighted by Gasteiger charge is 2.55. The molecular weight excluding hydrogens is 140 g/mol. The van der Waals surface area contributed by atoms with Gasteiger partial charge >= 0.3 is 0 Å². The second-order valence-electron chi connectivity index (χ2n) is 3.85. The van der Waals surface area contributed by atoms with Crippen LogP contribution >= 0.6 is 0 Å². The highest BCUT2D eigenvalue weighted by Crippen LogP contribution is 2.55. The summed E-state index contributed by atoms with van der Waals surface area (Å²) in [6.07, 6.45) is 3.39. The Hall–Kier alpha value is -0.370. The largest absolute Gasteiger partial charge is 0.380 e. The van der Waals surface area contributed by atoms with Crippen LogP contribution < -0.4 is 0 Å². The van der Waals surface area contributed by atoms with E-state index in [0.29, 0.717) is 17.3 Å². The van der Waals surface area contributed by atoms with Crippen LogP contribution in [0.15, 0.2) is 0 Å². The number of rotatable bonds is 3. The molecule has 1 heterocycles. The highest BCUT2D eigenvalue weighted by atomic mass is 16.5. The van der Waals surface area contributed by atoms with Gasteiger partial charge in [0.25, 0.3) is 0 Å². The fraction of sp³-hybridized carbons (Fsp3) is 0.889. The predicted octanol–water partition coefficient (Wildman–Crippen LogP) is 1.25. The minimum atomic E-state index is 0.360. The van der Waals surface area contributed by atoms with Crippen molar-refractivity contribution in [1.29, 1.82) is 0 Å². The molecule has 1 saturated carbocycles. The van der Waals surface area contributed by atoms with E-state index in [1.54, 1.807) is 0 Å². The predicted molar refractivity (Wildman–Crippen MR) is 41.2 cm³/mol. The van der Waals surface area contributed by atoms with Gasteiger partial charge in [-0.2, -0.15) is 0 Å². The van der Waals surface area contributed by atoms with Crippen molar-refractivity contribution in [2.45, 2.75) is 19.8 Å². The van der Waals surface area contributed by atoms with Crippen molar-refractivity contribution in [2.75, 3.05) is 13.2 Å².